The van der Waals surface area contributed by atoms with E-state index in [-0.39, 0.29) is 16.1 Å². The zero-order valence-electron chi connectivity index (χ0n) is 72.0. The van der Waals surface area contributed by atoms with Crippen molar-refractivity contribution in [3.63, 3.8) is 0 Å². The molecule has 2 aliphatic rings. The molecule has 8 heterocycles. The van der Waals surface area contributed by atoms with Gasteiger partial charge in [0.05, 0.1) is 61.6 Å². The number of hydrogen-bond acceptors (Lipinski definition) is 12. The summed E-state index contributed by atoms with van der Waals surface area (Å²) in [5.74, 6) is 1.23. The molecule has 0 atom stereocenters. The van der Waals surface area contributed by atoms with E-state index >= 15 is 0 Å². The van der Waals surface area contributed by atoms with Crippen LogP contribution >= 0.6 is 45.8 Å². The summed E-state index contributed by atoms with van der Waals surface area (Å²) in [4.78, 5) is 44.6. The predicted octanol–water partition coefficient (Wildman–Crippen LogP) is 28.6. The summed E-state index contributed by atoms with van der Waals surface area (Å²) < 4.78 is 3.14. The number of rotatable bonds is 6. The van der Waals surface area contributed by atoms with Crippen molar-refractivity contribution in [1.82, 2.24) is 49.4 Å². The smallest absolute Gasteiger partial charge is 0.423 e. The zero-order chi connectivity index (χ0) is 89.5. The molecule has 14 nitrogen and oxygen atoms in total. The van der Waals surface area contributed by atoms with Gasteiger partial charge in [-0.05, 0) is 189 Å². The lowest BCUT2D eigenvalue weighted by Gasteiger charge is -2.41. The number of aromatic nitrogens is 10. The first-order chi connectivity index (χ1) is 64.5. The van der Waals surface area contributed by atoms with E-state index in [0.717, 1.165) is 136 Å². The highest BCUT2D eigenvalue weighted by Crippen LogP contribution is 2.55. The van der Waals surface area contributed by atoms with E-state index in [4.69, 9.17) is 53.2 Å². The molecule has 18 heteroatoms. The van der Waals surface area contributed by atoms with Crippen LogP contribution < -0.4 is 15.7 Å². The van der Waals surface area contributed by atoms with Gasteiger partial charge in [0.15, 0.2) is 0 Å². The molecular weight excluding hydrogens is 1780 g/mol. The van der Waals surface area contributed by atoms with E-state index in [0.29, 0.717) is 22.6 Å². The largest absolute Gasteiger partial charge is 0.489 e. The van der Waals surface area contributed by atoms with Crippen LogP contribution in [0.25, 0.3) is 170 Å². The van der Waals surface area contributed by atoms with Crippen LogP contribution in [0.4, 0.5) is 28.7 Å². The number of fused-ring (bicyclic) bond motifs is 18. The van der Waals surface area contributed by atoms with E-state index in [1.807, 2.05) is 103 Å². The third-order valence-corrected chi connectivity index (χ3v) is 26.8. The number of aromatic amines is 1. The fraction of sp³-hybridized carbons (Fsp3) is 0.0526. The maximum atomic E-state index is 9.08. The Balaban J connectivity index is 0.000000118. The van der Waals surface area contributed by atoms with E-state index in [9.17, 15) is 0 Å². The van der Waals surface area contributed by atoms with Crippen LogP contribution in [-0.2, 0) is 10.8 Å². The number of benzene rings is 18. The molecular formula is C114H80BCl2IN12O2. The van der Waals surface area contributed by atoms with Gasteiger partial charge in [-0.3, -0.25) is 9.47 Å². The van der Waals surface area contributed by atoms with Crippen molar-refractivity contribution in [3.05, 3.63) is 425 Å². The molecule has 0 radical (unpaired) electrons. The van der Waals surface area contributed by atoms with Crippen LogP contribution in [0.15, 0.2) is 388 Å². The Bertz CT molecular complexity index is 8720. The van der Waals surface area contributed by atoms with Crippen molar-refractivity contribution in [2.24, 2.45) is 0 Å². The van der Waals surface area contributed by atoms with Gasteiger partial charge in [0, 0.05) is 93.0 Å². The first-order valence-corrected chi connectivity index (χ1v) is 45.6. The van der Waals surface area contributed by atoms with E-state index < -0.39 is 7.12 Å². The molecule has 0 spiro atoms. The van der Waals surface area contributed by atoms with Gasteiger partial charge < -0.3 is 20.3 Å². The first-order valence-electron chi connectivity index (χ1n) is 43.8. The van der Waals surface area contributed by atoms with Crippen LogP contribution in [0.1, 0.15) is 49.9 Å². The minimum atomic E-state index is -1.40. The fourth-order valence-electron chi connectivity index (χ4n) is 19.3. The average Bonchev–Trinajstić information content (AvgIpc) is 1.09. The van der Waals surface area contributed by atoms with Gasteiger partial charge in [0.25, 0.3) is 0 Å². The molecule has 18 aromatic carbocycles. The van der Waals surface area contributed by atoms with Gasteiger partial charge in [-0.15, -0.1) is 0 Å². The number of H-pyrrole nitrogens is 1. The molecule has 0 bridgehead atoms. The lowest BCUT2D eigenvalue weighted by molar-refractivity contribution is 0.426. The molecule has 632 valence electrons. The maximum Gasteiger partial charge on any atom is 0.489 e. The number of para-hydroxylation sites is 8. The number of nitrogens with zero attached hydrogens (tertiary/aromatic N) is 10. The quantitative estimate of drug-likeness (QED) is 0.0536. The topological polar surface area (TPSA) is 180 Å². The molecule has 26 rings (SSSR count). The van der Waals surface area contributed by atoms with Gasteiger partial charge in [-0.25, -0.2) is 39.9 Å². The standard InChI is InChI=1S/C57H38N6.C21H18N2.C18H11ClN2.C10H9BO2.C8H4ClIN2/c1-57(2)45-28-10-14-32-50(45)63(56-59-48-30-12-8-25-43(48)54(61-56)41-27-16-20-36-18-4-6-22-38(36)41)52-34-51-44(33-46(52)57)39-23-9-13-31-49(39)62(51)55-58-47-29-11-7-24-42(47)53(60-55)40-26-15-19-35-17-3-5-21-37(35)40;1-21(2)15-8-4-6-10-18(15)23-20-12-19-14(11-16(20)21)13-7-3-5-9-17(13)22-19;19-18-20-16-11-4-3-9-15(16)17(21-18)14-10-5-7-12-6-1-2-8-13(12)14;12-11(13)10-7-3-5-8-4-1-2-6-9(8)10;9-8-11-6-4-2-1-3-5(6)7(10)12-8/h3-34H,1-2H3;3-12,22-23H,1-2H3;1-11H;1-7,12-13H;1-4H. The van der Waals surface area contributed by atoms with Crippen LogP contribution in [0.5, 0.6) is 0 Å². The van der Waals surface area contributed by atoms with Crippen molar-refractivity contribution in [2.75, 3.05) is 10.2 Å². The first kappa shape index (κ1) is 82.5. The van der Waals surface area contributed by atoms with Crippen molar-refractivity contribution in [3.8, 4) is 39.7 Å². The van der Waals surface area contributed by atoms with Crippen molar-refractivity contribution in [1.29, 1.82) is 0 Å². The summed E-state index contributed by atoms with van der Waals surface area (Å²) >= 11 is 13.9. The molecule has 0 unspecified atom stereocenters. The molecule has 24 aromatic rings. The minimum Gasteiger partial charge on any atom is -0.423 e. The van der Waals surface area contributed by atoms with E-state index in [2.05, 4.69) is 369 Å². The third-order valence-electron chi connectivity index (χ3n) is 25.6. The summed E-state index contributed by atoms with van der Waals surface area (Å²) in [6, 6.07) is 134. The van der Waals surface area contributed by atoms with Gasteiger partial charge in [0.2, 0.25) is 22.5 Å². The third kappa shape index (κ3) is 14.8. The highest BCUT2D eigenvalue weighted by molar-refractivity contribution is 14.1. The Labute approximate surface area is 783 Å². The summed E-state index contributed by atoms with van der Waals surface area (Å²) in [6.07, 6.45) is 0. The Hall–Kier alpha value is -15.1. The van der Waals surface area contributed by atoms with Crippen LogP contribution in [0, 0.1) is 3.70 Å². The van der Waals surface area contributed by atoms with Crippen LogP contribution in [0.2, 0.25) is 10.6 Å². The number of nitrogens with one attached hydrogen (secondary N) is 2. The molecule has 0 amide bonds. The monoisotopic (exact) mass is 1860 g/mol. The van der Waals surface area contributed by atoms with Crippen LogP contribution in [0.3, 0.4) is 0 Å². The highest BCUT2D eigenvalue weighted by atomic mass is 127. The Kier molecular flexibility index (Phi) is 21.3. The predicted molar refractivity (Wildman–Crippen MR) is 556 cm³/mol. The van der Waals surface area contributed by atoms with Crippen LogP contribution in [-0.4, -0.2) is 66.6 Å². The number of halogens is 3. The molecule has 0 saturated carbocycles. The Morgan fingerprint density at radius 1 is 0.295 bits per heavy atom. The second kappa shape index (κ2) is 34.1. The SMILES string of the molecule is CC1(C)c2ccccc2N(c2nc(-c3cccc4ccccc34)c3ccccc3n2)c2cc3c(cc21)c1ccccc1n3-c1nc(-c2cccc3ccccc23)c2ccccc2n1.CC1(C)c2ccccc2Nc2cc3[nH]c4ccccc4c3cc21.Clc1nc(-c2cccc3ccccc23)c2ccccc2n1.Clc1nc(I)c2ccccc2n1.OB(O)c1cccc2ccccc12. The molecule has 6 aromatic heterocycles. The molecule has 0 aliphatic carbocycles. The highest BCUT2D eigenvalue weighted by Gasteiger charge is 2.40. The van der Waals surface area contributed by atoms with Crippen molar-refractivity contribution >= 4 is 217 Å². The summed E-state index contributed by atoms with van der Waals surface area (Å²) in [5, 5.41) is 40.2. The fourth-order valence-corrected chi connectivity index (χ4v) is 20.5. The summed E-state index contributed by atoms with van der Waals surface area (Å²) in [7, 11) is -1.40. The molecule has 2 aliphatic heterocycles. The van der Waals surface area contributed by atoms with Crippen molar-refractivity contribution in [2.45, 2.75) is 38.5 Å². The second-order valence-electron chi connectivity index (χ2n) is 34.1. The lowest BCUT2D eigenvalue weighted by atomic mass is 9.73. The van der Waals surface area contributed by atoms with Gasteiger partial charge >= 0.3 is 7.12 Å². The number of anilines is 5. The molecule has 132 heavy (non-hydrogen) atoms. The minimum absolute atomic E-state index is 0.0102. The molecule has 0 fully saturated rings. The van der Waals surface area contributed by atoms with Gasteiger partial charge in [0.1, 0.15) is 3.70 Å². The number of hydrogen-bond donors (Lipinski definition) is 4. The van der Waals surface area contributed by atoms with Gasteiger partial charge in [-0.1, -0.05) is 343 Å². The van der Waals surface area contributed by atoms with Crippen molar-refractivity contribution < 1.29 is 10.0 Å². The normalized spacial score (nSPS) is 12.8. The Morgan fingerprint density at radius 3 is 1.30 bits per heavy atom. The lowest BCUT2D eigenvalue weighted by Crippen LogP contribution is -2.31. The summed E-state index contributed by atoms with van der Waals surface area (Å²) in [5.41, 5.74) is 23.6. The average molecular weight is 1860 g/mol. The summed E-state index contributed by atoms with van der Waals surface area (Å²) in [6.45, 7) is 9.29. The zero-order valence-corrected chi connectivity index (χ0v) is 75.7. The van der Waals surface area contributed by atoms with E-state index in [1.54, 1.807) is 6.07 Å². The Morgan fingerprint density at radius 2 is 0.712 bits per heavy atom. The second-order valence-corrected chi connectivity index (χ2v) is 35.8. The molecule has 4 N–H and O–H groups in total. The molecule has 0 saturated heterocycles. The maximum absolute atomic E-state index is 9.08. The van der Waals surface area contributed by atoms with E-state index in [1.165, 1.54) is 77.0 Å². The van der Waals surface area contributed by atoms with Gasteiger partial charge in [-0.2, -0.15) is 0 Å².